The average molecular weight is 342 g/mol. The van der Waals surface area contributed by atoms with Gasteiger partial charge in [0.05, 0.1) is 7.11 Å². The molecule has 0 unspecified atom stereocenters. The molecule has 0 saturated heterocycles. The maximum absolute atomic E-state index is 11.6. The zero-order valence-corrected chi connectivity index (χ0v) is 13.7. The van der Waals surface area contributed by atoms with E-state index in [1.54, 1.807) is 37.6 Å². The van der Waals surface area contributed by atoms with Gasteiger partial charge >= 0.3 is 5.97 Å². The molecule has 1 aromatic carbocycles. The van der Waals surface area contributed by atoms with Crippen LogP contribution in [0.2, 0.25) is 0 Å². The molecule has 0 amide bonds. The lowest BCUT2D eigenvalue weighted by molar-refractivity contribution is 0.0698. The van der Waals surface area contributed by atoms with Crippen LogP contribution < -0.4 is 10.1 Å². The third-order valence-corrected chi connectivity index (χ3v) is 3.67. The van der Waals surface area contributed by atoms with Crippen molar-refractivity contribution >= 4 is 11.8 Å². The largest absolute Gasteiger partial charge is 0.497 e. The van der Waals surface area contributed by atoms with Gasteiger partial charge in [-0.05, 0) is 36.8 Å². The smallest absolute Gasteiger partial charge is 0.343 e. The highest BCUT2D eigenvalue weighted by Gasteiger charge is 2.23. The highest BCUT2D eigenvalue weighted by molar-refractivity contribution is 5.99. The van der Waals surface area contributed by atoms with E-state index in [0.29, 0.717) is 17.9 Å². The molecule has 2 heterocycles. The molecule has 8 heteroatoms. The minimum Gasteiger partial charge on any atom is -0.497 e. The summed E-state index contributed by atoms with van der Waals surface area (Å²) in [5.41, 5.74) is 0.638. The van der Waals surface area contributed by atoms with Gasteiger partial charge in [0, 0.05) is 31.0 Å². The quantitative estimate of drug-likeness (QED) is 0.607. The number of hydrogen-bond acceptors (Lipinski definition) is 6. The summed E-state index contributed by atoms with van der Waals surface area (Å²) in [5.74, 6) is 0.0160. The van der Waals surface area contributed by atoms with Crippen LogP contribution in [0.1, 0.15) is 16.8 Å². The minimum absolute atomic E-state index is 0.0178. The second kappa shape index (κ2) is 7.52. The summed E-state index contributed by atoms with van der Waals surface area (Å²) >= 11 is 0. The number of hydrogen-bond donors (Lipinski definition) is 2. The van der Waals surface area contributed by atoms with E-state index < -0.39 is 5.97 Å². The van der Waals surface area contributed by atoms with Crippen LogP contribution >= 0.6 is 0 Å². The minimum atomic E-state index is -1.10. The predicted molar refractivity (Wildman–Crippen MR) is 90.8 cm³/mol. The fourth-order valence-corrected chi connectivity index (χ4v) is 2.43. The number of carboxylic acid groups (broad SMARTS) is 1. The monoisotopic (exact) mass is 342 g/mol. The number of aromatic nitrogens is 3. The fourth-order valence-electron chi connectivity index (χ4n) is 2.43. The van der Waals surface area contributed by atoms with Gasteiger partial charge in [0.25, 0.3) is 0 Å². The second-order valence-corrected chi connectivity index (χ2v) is 5.32. The van der Waals surface area contributed by atoms with Gasteiger partial charge in [-0.25, -0.2) is 4.79 Å². The maximum Gasteiger partial charge on any atom is 0.343 e. The first-order chi connectivity index (χ1) is 12.2. The zero-order valence-electron chi connectivity index (χ0n) is 13.7. The number of ether oxygens (including phenoxy) is 1. The molecule has 25 heavy (non-hydrogen) atoms. The van der Waals surface area contributed by atoms with Crippen LogP contribution in [0.4, 0.5) is 5.82 Å². The van der Waals surface area contributed by atoms with Crippen molar-refractivity contribution in [2.24, 2.45) is 0 Å². The molecule has 2 N–H and O–H groups in total. The molecule has 3 rings (SSSR count). The van der Waals surface area contributed by atoms with Crippen molar-refractivity contribution in [2.75, 3.05) is 19.0 Å². The van der Waals surface area contributed by atoms with Crippen LogP contribution in [0.15, 0.2) is 47.2 Å². The Hall–Kier alpha value is -3.29. The Labute approximate surface area is 144 Å². The third kappa shape index (κ3) is 3.79. The summed E-state index contributed by atoms with van der Waals surface area (Å²) in [6.07, 6.45) is 4.36. The number of rotatable bonds is 8. The van der Waals surface area contributed by atoms with Crippen LogP contribution in [-0.2, 0) is 6.54 Å². The fraction of sp³-hybridized carbons (Fsp3) is 0.235. The van der Waals surface area contributed by atoms with E-state index in [4.69, 9.17) is 9.26 Å². The lowest BCUT2D eigenvalue weighted by Crippen LogP contribution is -2.10. The molecular weight excluding hydrogens is 324 g/mol. The molecule has 0 atom stereocenters. The van der Waals surface area contributed by atoms with Crippen molar-refractivity contribution < 1.29 is 19.2 Å². The topological polar surface area (TPSA) is 102 Å². The SMILES string of the molecule is COc1ccc(-c2onc(NCCCn3cccn3)c2C(=O)O)cc1. The second-order valence-electron chi connectivity index (χ2n) is 5.32. The first-order valence-electron chi connectivity index (χ1n) is 7.77. The van der Waals surface area contributed by atoms with Gasteiger partial charge in [-0.2, -0.15) is 5.10 Å². The number of aryl methyl sites for hydroxylation is 1. The molecule has 0 aliphatic rings. The van der Waals surface area contributed by atoms with Crippen LogP contribution in [0, 0.1) is 0 Å². The first kappa shape index (κ1) is 16.6. The van der Waals surface area contributed by atoms with Crippen molar-refractivity contribution in [2.45, 2.75) is 13.0 Å². The Bertz CT molecular complexity index is 825. The number of methoxy groups -OCH3 is 1. The summed E-state index contributed by atoms with van der Waals surface area (Å²) in [6.45, 7) is 1.28. The standard InChI is InChI=1S/C17H18N4O4/c1-24-13-6-4-12(5-7-13)15-14(17(22)23)16(20-25-15)18-8-2-10-21-11-3-9-19-21/h3-7,9,11H,2,8,10H2,1H3,(H,18,20)(H,22,23). The van der Waals surface area contributed by atoms with Crippen molar-refractivity contribution in [3.63, 3.8) is 0 Å². The van der Waals surface area contributed by atoms with Gasteiger partial charge in [0.1, 0.15) is 5.75 Å². The van der Waals surface area contributed by atoms with E-state index in [0.717, 1.165) is 13.0 Å². The molecule has 0 bridgehead atoms. The maximum atomic E-state index is 11.6. The van der Waals surface area contributed by atoms with E-state index in [1.165, 1.54) is 0 Å². The summed E-state index contributed by atoms with van der Waals surface area (Å²) in [7, 11) is 1.57. The normalized spacial score (nSPS) is 10.6. The van der Waals surface area contributed by atoms with Gasteiger partial charge in [-0.3, -0.25) is 4.68 Å². The summed E-state index contributed by atoms with van der Waals surface area (Å²) in [6, 6.07) is 8.79. The van der Waals surface area contributed by atoms with Gasteiger partial charge in [0.2, 0.25) is 0 Å². The molecule has 0 spiro atoms. The van der Waals surface area contributed by atoms with E-state index in [9.17, 15) is 9.90 Å². The number of anilines is 1. The van der Waals surface area contributed by atoms with Gasteiger partial charge in [-0.1, -0.05) is 5.16 Å². The Morgan fingerprint density at radius 1 is 1.36 bits per heavy atom. The van der Waals surface area contributed by atoms with E-state index >= 15 is 0 Å². The van der Waals surface area contributed by atoms with Gasteiger partial charge in [0.15, 0.2) is 17.1 Å². The Morgan fingerprint density at radius 2 is 2.16 bits per heavy atom. The van der Waals surface area contributed by atoms with Crippen molar-refractivity contribution in [3.8, 4) is 17.1 Å². The lowest BCUT2D eigenvalue weighted by Gasteiger charge is -2.05. The summed E-state index contributed by atoms with van der Waals surface area (Å²) in [5, 5.41) is 20.5. The molecule has 0 aliphatic carbocycles. The third-order valence-electron chi connectivity index (χ3n) is 3.67. The first-order valence-corrected chi connectivity index (χ1v) is 7.77. The van der Waals surface area contributed by atoms with Crippen molar-refractivity contribution in [1.82, 2.24) is 14.9 Å². The van der Waals surface area contributed by atoms with Crippen LogP contribution in [0.3, 0.4) is 0 Å². The van der Waals surface area contributed by atoms with Crippen molar-refractivity contribution in [3.05, 3.63) is 48.3 Å². The van der Waals surface area contributed by atoms with E-state index in [2.05, 4.69) is 15.6 Å². The van der Waals surface area contributed by atoms with Crippen LogP contribution in [0.5, 0.6) is 5.75 Å². The van der Waals surface area contributed by atoms with Crippen LogP contribution in [0.25, 0.3) is 11.3 Å². The molecule has 8 nitrogen and oxygen atoms in total. The molecule has 2 aromatic heterocycles. The molecule has 0 fully saturated rings. The molecule has 3 aromatic rings. The predicted octanol–water partition coefficient (Wildman–Crippen LogP) is 2.75. The Morgan fingerprint density at radius 3 is 2.80 bits per heavy atom. The van der Waals surface area contributed by atoms with E-state index in [1.807, 2.05) is 16.9 Å². The number of aromatic carboxylic acids is 1. The molecule has 130 valence electrons. The Kier molecular flexibility index (Phi) is 4.98. The number of benzene rings is 1. The number of carbonyl (C=O) groups is 1. The zero-order chi connectivity index (χ0) is 17.6. The van der Waals surface area contributed by atoms with E-state index in [-0.39, 0.29) is 17.1 Å². The van der Waals surface area contributed by atoms with Crippen molar-refractivity contribution in [1.29, 1.82) is 0 Å². The number of nitrogens with one attached hydrogen (secondary N) is 1. The molecule has 0 aliphatic heterocycles. The average Bonchev–Trinajstić information content (AvgIpc) is 3.28. The van der Waals surface area contributed by atoms with Gasteiger partial charge < -0.3 is 19.7 Å². The molecule has 0 radical (unpaired) electrons. The molecular formula is C17H18N4O4. The van der Waals surface area contributed by atoms with Gasteiger partial charge in [-0.15, -0.1) is 0 Å². The number of carboxylic acids is 1. The number of nitrogens with zero attached hydrogens (tertiary/aromatic N) is 3. The highest BCUT2D eigenvalue weighted by atomic mass is 16.5. The summed E-state index contributed by atoms with van der Waals surface area (Å²) < 4.78 is 12.2. The lowest BCUT2D eigenvalue weighted by atomic mass is 10.1. The molecule has 0 saturated carbocycles. The highest BCUT2D eigenvalue weighted by Crippen LogP contribution is 2.30. The van der Waals surface area contributed by atoms with Crippen LogP contribution in [-0.4, -0.2) is 39.7 Å². The Balaban J connectivity index is 1.71. The summed E-state index contributed by atoms with van der Waals surface area (Å²) in [4.78, 5) is 11.6.